The van der Waals surface area contributed by atoms with Crippen molar-refractivity contribution in [2.45, 2.75) is 31.8 Å². The standard InChI is InChI=1S/C22H18FNO3/c23-15-11-9-14(10-12-15)19-13-17(16-5-1-2-6-18(16)24-19)22(26)27-21-8-4-3-7-20(21)25/h1-2,5-6,9-13,21H,3-4,7-8H2/t21-/m0/s1. The minimum atomic E-state index is -0.674. The van der Waals surface area contributed by atoms with Gasteiger partial charge in [0.05, 0.1) is 16.8 Å². The highest BCUT2D eigenvalue weighted by Crippen LogP contribution is 2.27. The zero-order valence-corrected chi connectivity index (χ0v) is 14.7. The summed E-state index contributed by atoms with van der Waals surface area (Å²) in [6, 6.07) is 14.9. The molecule has 0 unspecified atom stereocenters. The highest BCUT2D eigenvalue weighted by atomic mass is 19.1. The van der Waals surface area contributed by atoms with E-state index in [1.165, 1.54) is 12.1 Å². The van der Waals surface area contributed by atoms with Crippen LogP contribution in [0, 0.1) is 5.82 Å². The van der Waals surface area contributed by atoms with E-state index in [2.05, 4.69) is 4.98 Å². The number of ketones is 1. The molecule has 0 aliphatic heterocycles. The van der Waals surface area contributed by atoms with Crippen LogP contribution in [0.4, 0.5) is 4.39 Å². The van der Waals surface area contributed by atoms with E-state index in [0.29, 0.717) is 40.6 Å². The second-order valence-corrected chi connectivity index (χ2v) is 6.69. The van der Waals surface area contributed by atoms with Crippen molar-refractivity contribution in [1.29, 1.82) is 0 Å². The molecule has 0 saturated heterocycles. The Hall–Kier alpha value is -3.08. The average Bonchev–Trinajstić information content (AvgIpc) is 2.69. The number of rotatable bonds is 3. The van der Waals surface area contributed by atoms with Crippen molar-refractivity contribution in [3.8, 4) is 11.3 Å². The highest BCUT2D eigenvalue weighted by molar-refractivity contribution is 6.05. The zero-order valence-electron chi connectivity index (χ0n) is 14.7. The van der Waals surface area contributed by atoms with E-state index < -0.39 is 12.1 Å². The van der Waals surface area contributed by atoms with Crippen molar-refractivity contribution in [2.75, 3.05) is 0 Å². The first-order valence-corrected chi connectivity index (χ1v) is 9.01. The Balaban J connectivity index is 1.75. The molecule has 5 heteroatoms. The van der Waals surface area contributed by atoms with E-state index in [1.54, 1.807) is 24.3 Å². The number of carbonyl (C=O) groups is 2. The Kier molecular flexibility index (Phi) is 4.67. The lowest BCUT2D eigenvalue weighted by atomic mass is 9.96. The molecule has 0 radical (unpaired) electrons. The molecule has 27 heavy (non-hydrogen) atoms. The summed E-state index contributed by atoms with van der Waals surface area (Å²) in [4.78, 5) is 29.5. The van der Waals surface area contributed by atoms with Gasteiger partial charge in [0, 0.05) is 17.4 Å². The smallest absolute Gasteiger partial charge is 0.339 e. The van der Waals surface area contributed by atoms with Crippen LogP contribution in [0.25, 0.3) is 22.2 Å². The summed E-state index contributed by atoms with van der Waals surface area (Å²) in [5.74, 6) is -0.890. The topological polar surface area (TPSA) is 56.3 Å². The van der Waals surface area contributed by atoms with Gasteiger partial charge in [-0.15, -0.1) is 0 Å². The SMILES string of the molecule is O=C(O[C@H]1CCCCC1=O)c1cc(-c2ccc(F)cc2)nc2ccccc12. The van der Waals surface area contributed by atoms with Gasteiger partial charge in [-0.25, -0.2) is 14.2 Å². The summed E-state index contributed by atoms with van der Waals surface area (Å²) in [5.41, 5.74) is 2.25. The molecule has 1 aliphatic carbocycles. The average molecular weight is 363 g/mol. The van der Waals surface area contributed by atoms with Gasteiger partial charge in [-0.1, -0.05) is 18.2 Å². The second-order valence-electron chi connectivity index (χ2n) is 6.69. The molecular formula is C22H18FNO3. The first kappa shape index (κ1) is 17.3. The molecule has 4 nitrogen and oxygen atoms in total. The first-order chi connectivity index (χ1) is 13.1. The van der Waals surface area contributed by atoms with E-state index in [-0.39, 0.29) is 11.6 Å². The minimum Gasteiger partial charge on any atom is -0.451 e. The number of hydrogen-bond acceptors (Lipinski definition) is 4. The van der Waals surface area contributed by atoms with Crippen LogP contribution in [-0.4, -0.2) is 22.8 Å². The van der Waals surface area contributed by atoms with Gasteiger partial charge in [0.25, 0.3) is 0 Å². The van der Waals surface area contributed by atoms with E-state index in [4.69, 9.17) is 4.74 Å². The zero-order chi connectivity index (χ0) is 18.8. The van der Waals surface area contributed by atoms with Gasteiger partial charge in [-0.05, 0) is 55.7 Å². The predicted molar refractivity (Wildman–Crippen MR) is 99.8 cm³/mol. The number of halogens is 1. The van der Waals surface area contributed by atoms with E-state index >= 15 is 0 Å². The van der Waals surface area contributed by atoms with Gasteiger partial charge in [-0.2, -0.15) is 0 Å². The molecule has 1 fully saturated rings. The number of aromatic nitrogens is 1. The lowest BCUT2D eigenvalue weighted by molar-refractivity contribution is -0.129. The summed E-state index contributed by atoms with van der Waals surface area (Å²) in [6.07, 6.45) is 2.07. The molecule has 2 aromatic carbocycles. The maximum atomic E-state index is 13.2. The Morgan fingerprint density at radius 3 is 2.63 bits per heavy atom. The Labute approximate surface area is 156 Å². The summed E-state index contributed by atoms with van der Waals surface area (Å²) in [6.45, 7) is 0. The van der Waals surface area contributed by atoms with Crippen molar-refractivity contribution in [2.24, 2.45) is 0 Å². The third kappa shape index (κ3) is 3.58. The van der Waals surface area contributed by atoms with Crippen molar-refractivity contribution in [3.63, 3.8) is 0 Å². The minimum absolute atomic E-state index is 0.0216. The molecule has 1 heterocycles. The summed E-state index contributed by atoms with van der Waals surface area (Å²) in [5, 5.41) is 0.664. The lowest BCUT2D eigenvalue weighted by Crippen LogP contribution is -2.30. The van der Waals surface area contributed by atoms with Gasteiger partial charge in [0.15, 0.2) is 11.9 Å². The number of pyridine rings is 1. The predicted octanol–water partition coefficient (Wildman–Crippen LogP) is 4.71. The maximum Gasteiger partial charge on any atom is 0.339 e. The number of ether oxygens (including phenoxy) is 1. The fraction of sp³-hybridized carbons (Fsp3) is 0.227. The van der Waals surface area contributed by atoms with Gasteiger partial charge < -0.3 is 4.74 Å². The quantitative estimate of drug-likeness (QED) is 0.633. The van der Waals surface area contributed by atoms with Gasteiger partial charge in [-0.3, -0.25) is 4.79 Å². The monoisotopic (exact) mass is 363 g/mol. The van der Waals surface area contributed by atoms with E-state index in [0.717, 1.165) is 12.8 Å². The number of esters is 1. The molecule has 0 spiro atoms. The molecule has 0 bridgehead atoms. The molecule has 1 saturated carbocycles. The van der Waals surface area contributed by atoms with Gasteiger partial charge in [0.2, 0.25) is 0 Å². The van der Waals surface area contributed by atoms with Crippen LogP contribution in [-0.2, 0) is 9.53 Å². The van der Waals surface area contributed by atoms with Crippen LogP contribution < -0.4 is 0 Å². The first-order valence-electron chi connectivity index (χ1n) is 9.01. The van der Waals surface area contributed by atoms with Gasteiger partial charge in [0.1, 0.15) is 5.82 Å². The van der Waals surface area contributed by atoms with Crippen LogP contribution in [0.15, 0.2) is 54.6 Å². The second kappa shape index (κ2) is 7.27. The van der Waals surface area contributed by atoms with Crippen molar-refractivity contribution < 1.29 is 18.7 Å². The number of hydrogen-bond donors (Lipinski definition) is 0. The summed E-state index contributed by atoms with van der Waals surface area (Å²) >= 11 is 0. The lowest BCUT2D eigenvalue weighted by Gasteiger charge is -2.21. The van der Waals surface area contributed by atoms with Crippen LogP contribution >= 0.6 is 0 Å². The third-order valence-electron chi connectivity index (χ3n) is 4.82. The molecule has 3 aromatic rings. The Morgan fingerprint density at radius 1 is 1.07 bits per heavy atom. The van der Waals surface area contributed by atoms with E-state index in [9.17, 15) is 14.0 Å². The van der Waals surface area contributed by atoms with Crippen LogP contribution in [0.3, 0.4) is 0 Å². The normalized spacial score (nSPS) is 17.1. The molecule has 1 aromatic heterocycles. The van der Waals surface area contributed by atoms with Gasteiger partial charge >= 0.3 is 5.97 Å². The molecule has 1 atom stereocenters. The molecule has 4 rings (SSSR count). The Morgan fingerprint density at radius 2 is 1.85 bits per heavy atom. The maximum absolute atomic E-state index is 13.2. The van der Waals surface area contributed by atoms with Crippen molar-refractivity contribution >= 4 is 22.7 Å². The number of para-hydroxylation sites is 1. The Bertz CT molecular complexity index is 1010. The van der Waals surface area contributed by atoms with E-state index in [1.807, 2.05) is 18.2 Å². The number of Topliss-reactive ketones (excluding diaryl/α,β-unsaturated/α-hetero) is 1. The van der Waals surface area contributed by atoms with Crippen LogP contribution in [0.2, 0.25) is 0 Å². The molecule has 0 N–H and O–H groups in total. The summed E-state index contributed by atoms with van der Waals surface area (Å²) in [7, 11) is 0. The number of carbonyl (C=O) groups excluding carboxylic acids is 2. The number of fused-ring (bicyclic) bond motifs is 1. The summed E-state index contributed by atoms with van der Waals surface area (Å²) < 4.78 is 18.8. The largest absolute Gasteiger partial charge is 0.451 e. The fourth-order valence-electron chi connectivity index (χ4n) is 3.38. The molecule has 1 aliphatic rings. The number of benzene rings is 2. The van der Waals surface area contributed by atoms with Crippen LogP contribution in [0.1, 0.15) is 36.0 Å². The molecule has 136 valence electrons. The number of nitrogens with zero attached hydrogens (tertiary/aromatic N) is 1. The highest BCUT2D eigenvalue weighted by Gasteiger charge is 2.27. The third-order valence-corrected chi connectivity index (χ3v) is 4.82. The molecule has 0 amide bonds. The fourth-order valence-corrected chi connectivity index (χ4v) is 3.38. The van der Waals surface area contributed by atoms with Crippen molar-refractivity contribution in [3.05, 3.63) is 66.0 Å². The molecular weight excluding hydrogens is 345 g/mol. The van der Waals surface area contributed by atoms with Crippen LogP contribution in [0.5, 0.6) is 0 Å². The van der Waals surface area contributed by atoms with Crippen molar-refractivity contribution in [1.82, 2.24) is 4.98 Å².